The molecular formula is C15H14BrNO3S. The van der Waals surface area contributed by atoms with Crippen molar-refractivity contribution in [1.82, 2.24) is 0 Å². The highest BCUT2D eigenvalue weighted by atomic mass is 79.9. The Bertz CT molecular complexity index is 709. The largest absolute Gasteiger partial charge is 0.478 e. The molecule has 0 atom stereocenters. The van der Waals surface area contributed by atoms with E-state index in [-0.39, 0.29) is 11.5 Å². The van der Waals surface area contributed by atoms with E-state index in [0.29, 0.717) is 10.6 Å². The van der Waals surface area contributed by atoms with Gasteiger partial charge in [-0.25, -0.2) is 4.79 Å². The van der Waals surface area contributed by atoms with E-state index in [1.54, 1.807) is 12.1 Å². The third-order valence-corrected chi connectivity index (χ3v) is 4.72. The van der Waals surface area contributed by atoms with Gasteiger partial charge in [0.1, 0.15) is 5.00 Å². The summed E-state index contributed by atoms with van der Waals surface area (Å²) in [4.78, 5) is 24.5. The monoisotopic (exact) mass is 367 g/mol. The molecule has 21 heavy (non-hydrogen) atoms. The lowest BCUT2D eigenvalue weighted by molar-refractivity contribution is 0.0698. The Morgan fingerprint density at radius 3 is 2.62 bits per heavy atom. The maximum absolute atomic E-state index is 12.3. The van der Waals surface area contributed by atoms with Crippen molar-refractivity contribution in [1.29, 1.82) is 0 Å². The van der Waals surface area contributed by atoms with Gasteiger partial charge in [-0.1, -0.05) is 28.9 Å². The molecule has 0 saturated carbocycles. The molecule has 0 radical (unpaired) electrons. The van der Waals surface area contributed by atoms with Crippen molar-refractivity contribution in [3.05, 3.63) is 50.3 Å². The van der Waals surface area contributed by atoms with Gasteiger partial charge < -0.3 is 10.4 Å². The fraction of sp³-hybridized carbons (Fsp3) is 0.200. The van der Waals surface area contributed by atoms with Crippen LogP contribution in [0.5, 0.6) is 0 Å². The zero-order chi connectivity index (χ0) is 15.6. The maximum Gasteiger partial charge on any atom is 0.338 e. The van der Waals surface area contributed by atoms with Gasteiger partial charge in [-0.15, -0.1) is 11.3 Å². The predicted molar refractivity (Wildman–Crippen MR) is 87.5 cm³/mol. The molecule has 0 bridgehead atoms. The minimum Gasteiger partial charge on any atom is -0.478 e. The number of anilines is 1. The number of benzene rings is 1. The molecule has 0 fully saturated rings. The fourth-order valence-electron chi connectivity index (χ4n) is 1.88. The van der Waals surface area contributed by atoms with E-state index in [1.165, 1.54) is 11.3 Å². The molecule has 6 heteroatoms. The van der Waals surface area contributed by atoms with E-state index < -0.39 is 5.97 Å². The van der Waals surface area contributed by atoms with Crippen molar-refractivity contribution in [3.8, 4) is 0 Å². The molecular weight excluding hydrogens is 354 g/mol. The molecule has 0 aliphatic rings. The molecule has 1 aromatic heterocycles. The summed E-state index contributed by atoms with van der Waals surface area (Å²) < 4.78 is 0.803. The first kappa shape index (κ1) is 15.7. The predicted octanol–water partition coefficient (Wildman–Crippen LogP) is 4.33. The van der Waals surface area contributed by atoms with Gasteiger partial charge in [0.25, 0.3) is 5.91 Å². The summed E-state index contributed by atoms with van der Waals surface area (Å²) in [6.07, 6.45) is 0.733. The number of carboxylic acids is 1. The average molecular weight is 368 g/mol. The molecule has 2 rings (SSSR count). The van der Waals surface area contributed by atoms with Gasteiger partial charge in [-0.2, -0.15) is 0 Å². The highest BCUT2D eigenvalue weighted by Crippen LogP contribution is 2.29. The Labute approximate surface area is 134 Å². The number of rotatable bonds is 4. The van der Waals surface area contributed by atoms with Crippen LogP contribution in [-0.2, 0) is 6.42 Å². The first-order chi connectivity index (χ1) is 9.92. The number of carboxylic acid groups (broad SMARTS) is 1. The number of carbonyl (C=O) groups excluding carboxylic acids is 1. The number of hydrogen-bond donors (Lipinski definition) is 2. The number of hydrogen-bond acceptors (Lipinski definition) is 3. The average Bonchev–Trinajstić information content (AvgIpc) is 2.84. The Morgan fingerprint density at radius 1 is 1.29 bits per heavy atom. The van der Waals surface area contributed by atoms with E-state index in [1.807, 2.05) is 26.0 Å². The quantitative estimate of drug-likeness (QED) is 0.844. The lowest BCUT2D eigenvalue weighted by Crippen LogP contribution is -2.14. The summed E-state index contributed by atoms with van der Waals surface area (Å²) in [5.41, 5.74) is 1.49. The van der Waals surface area contributed by atoms with Crippen molar-refractivity contribution in [2.75, 3.05) is 5.32 Å². The molecule has 2 aromatic rings. The Kier molecular flexibility index (Phi) is 4.80. The second kappa shape index (κ2) is 6.41. The lowest BCUT2D eigenvalue weighted by atomic mass is 10.1. The summed E-state index contributed by atoms with van der Waals surface area (Å²) in [5.74, 6) is -1.34. The van der Waals surface area contributed by atoms with Crippen LogP contribution in [0.2, 0.25) is 0 Å². The van der Waals surface area contributed by atoms with Crippen LogP contribution in [0, 0.1) is 6.92 Å². The normalized spacial score (nSPS) is 10.4. The third-order valence-electron chi connectivity index (χ3n) is 3.03. The molecule has 0 aliphatic carbocycles. The van der Waals surface area contributed by atoms with Crippen molar-refractivity contribution < 1.29 is 14.7 Å². The zero-order valence-corrected chi connectivity index (χ0v) is 14.0. The van der Waals surface area contributed by atoms with Crippen LogP contribution in [-0.4, -0.2) is 17.0 Å². The molecule has 1 heterocycles. The van der Waals surface area contributed by atoms with Crippen LogP contribution in [0.1, 0.15) is 38.1 Å². The Morgan fingerprint density at radius 2 is 2.00 bits per heavy atom. The minimum atomic E-state index is -1.03. The molecule has 2 N–H and O–H groups in total. The van der Waals surface area contributed by atoms with Crippen LogP contribution < -0.4 is 5.32 Å². The molecule has 110 valence electrons. The van der Waals surface area contributed by atoms with Crippen LogP contribution >= 0.6 is 27.3 Å². The van der Waals surface area contributed by atoms with Gasteiger partial charge in [0.05, 0.1) is 5.56 Å². The number of aromatic carboxylic acids is 1. The second-order valence-corrected chi connectivity index (χ2v) is 6.58. The SMILES string of the molecule is CCc1cc(C(=O)O)c(NC(=O)c2cc(Br)ccc2C)s1. The number of nitrogens with one attached hydrogen (secondary N) is 1. The topological polar surface area (TPSA) is 66.4 Å². The highest BCUT2D eigenvalue weighted by molar-refractivity contribution is 9.10. The highest BCUT2D eigenvalue weighted by Gasteiger charge is 2.18. The Balaban J connectivity index is 2.33. The van der Waals surface area contributed by atoms with E-state index in [0.717, 1.165) is 21.3 Å². The summed E-state index contributed by atoms with van der Waals surface area (Å²) in [6.45, 7) is 3.78. The summed E-state index contributed by atoms with van der Waals surface area (Å²) >= 11 is 4.63. The number of carbonyl (C=O) groups is 2. The Hall–Kier alpha value is -1.66. The molecule has 0 unspecified atom stereocenters. The number of amides is 1. The standard InChI is InChI=1S/C15H14BrNO3S/c1-3-10-7-12(15(19)20)14(21-10)17-13(18)11-6-9(16)5-4-8(11)2/h4-7H,3H2,1-2H3,(H,17,18)(H,19,20). The van der Waals surface area contributed by atoms with E-state index in [2.05, 4.69) is 21.2 Å². The third kappa shape index (κ3) is 3.51. The molecule has 0 spiro atoms. The van der Waals surface area contributed by atoms with E-state index in [4.69, 9.17) is 0 Å². The van der Waals surface area contributed by atoms with Crippen LogP contribution in [0.25, 0.3) is 0 Å². The molecule has 0 saturated heterocycles. The van der Waals surface area contributed by atoms with Crippen LogP contribution in [0.15, 0.2) is 28.7 Å². The molecule has 0 aliphatic heterocycles. The molecule has 4 nitrogen and oxygen atoms in total. The summed E-state index contributed by atoms with van der Waals surface area (Å²) in [5, 5.41) is 12.3. The van der Waals surface area contributed by atoms with Gasteiger partial charge in [0.2, 0.25) is 0 Å². The van der Waals surface area contributed by atoms with Gasteiger partial charge in [-0.3, -0.25) is 4.79 Å². The summed E-state index contributed by atoms with van der Waals surface area (Å²) in [6, 6.07) is 7.02. The number of thiophene rings is 1. The van der Waals surface area contributed by atoms with Gasteiger partial charge in [-0.05, 0) is 37.1 Å². The lowest BCUT2D eigenvalue weighted by Gasteiger charge is -2.07. The van der Waals surface area contributed by atoms with Crippen LogP contribution in [0.3, 0.4) is 0 Å². The van der Waals surface area contributed by atoms with Gasteiger partial charge in [0.15, 0.2) is 0 Å². The van der Waals surface area contributed by atoms with Crippen molar-refractivity contribution in [2.45, 2.75) is 20.3 Å². The van der Waals surface area contributed by atoms with Crippen molar-refractivity contribution in [3.63, 3.8) is 0 Å². The number of aryl methyl sites for hydroxylation is 2. The van der Waals surface area contributed by atoms with Crippen molar-refractivity contribution >= 4 is 44.1 Å². The first-order valence-corrected chi connectivity index (χ1v) is 7.96. The first-order valence-electron chi connectivity index (χ1n) is 6.36. The summed E-state index contributed by atoms with van der Waals surface area (Å²) in [7, 11) is 0. The van der Waals surface area contributed by atoms with E-state index in [9.17, 15) is 14.7 Å². The molecule has 1 aromatic carbocycles. The van der Waals surface area contributed by atoms with Crippen molar-refractivity contribution in [2.24, 2.45) is 0 Å². The smallest absolute Gasteiger partial charge is 0.338 e. The van der Waals surface area contributed by atoms with Gasteiger partial charge >= 0.3 is 5.97 Å². The maximum atomic E-state index is 12.3. The zero-order valence-electron chi connectivity index (χ0n) is 11.6. The second-order valence-electron chi connectivity index (χ2n) is 4.53. The van der Waals surface area contributed by atoms with Gasteiger partial charge in [0, 0.05) is 14.9 Å². The van der Waals surface area contributed by atoms with E-state index >= 15 is 0 Å². The number of halogens is 1. The minimum absolute atomic E-state index is 0.137. The van der Waals surface area contributed by atoms with Crippen LogP contribution in [0.4, 0.5) is 5.00 Å². The molecule has 1 amide bonds. The fourth-order valence-corrected chi connectivity index (χ4v) is 3.22.